The molecule has 0 saturated carbocycles. The second-order valence-corrected chi connectivity index (χ2v) is 4.01. The Morgan fingerprint density at radius 2 is 2.07 bits per heavy atom. The predicted molar refractivity (Wildman–Crippen MR) is 61.8 cm³/mol. The van der Waals surface area contributed by atoms with Gasteiger partial charge in [0.15, 0.2) is 0 Å². The number of carbonyl (C=O) groups excluding carboxylic acids is 1. The average Bonchev–Trinajstić information content (AvgIpc) is 2.19. The van der Waals surface area contributed by atoms with Gasteiger partial charge in [0.1, 0.15) is 0 Å². The molecule has 1 amide bonds. The Morgan fingerprint density at radius 3 is 2.64 bits per heavy atom. The van der Waals surface area contributed by atoms with Gasteiger partial charge in [-0.15, -0.1) is 0 Å². The summed E-state index contributed by atoms with van der Waals surface area (Å²) in [6.45, 7) is 2.00. The van der Waals surface area contributed by atoms with E-state index in [1.165, 1.54) is 0 Å². The second kappa shape index (κ2) is 5.81. The first-order valence-corrected chi connectivity index (χ1v) is 5.78. The fraction of sp³-hybridized carbons (Fsp3) is 0.364. The number of amides is 1. The second-order valence-electron chi connectivity index (χ2n) is 3.22. The summed E-state index contributed by atoms with van der Waals surface area (Å²) in [5.74, 6) is -0.000880. The average molecular weight is 256 g/mol. The van der Waals surface area contributed by atoms with Crippen LogP contribution in [0.15, 0.2) is 30.3 Å². The van der Waals surface area contributed by atoms with Crippen molar-refractivity contribution >= 4 is 21.8 Å². The van der Waals surface area contributed by atoms with Crippen molar-refractivity contribution in [2.45, 2.75) is 19.4 Å². The summed E-state index contributed by atoms with van der Waals surface area (Å²) in [5.41, 5.74) is 0.717. The zero-order chi connectivity index (χ0) is 10.4. The number of nitrogens with one attached hydrogen (secondary N) is 1. The number of hydrogen-bond donors (Lipinski definition) is 1. The lowest BCUT2D eigenvalue weighted by atomic mass is 10.2. The normalized spacial score (nSPS) is 12.1. The zero-order valence-corrected chi connectivity index (χ0v) is 9.75. The van der Waals surface area contributed by atoms with Crippen molar-refractivity contribution in [1.29, 1.82) is 0 Å². The van der Waals surface area contributed by atoms with Crippen LogP contribution in [-0.4, -0.2) is 17.3 Å². The topological polar surface area (TPSA) is 29.1 Å². The van der Waals surface area contributed by atoms with Gasteiger partial charge in [-0.05, 0) is 25.5 Å². The van der Waals surface area contributed by atoms with Crippen molar-refractivity contribution in [3.8, 4) is 0 Å². The minimum Gasteiger partial charge on any atom is -0.350 e. The van der Waals surface area contributed by atoms with E-state index in [9.17, 15) is 4.79 Å². The molecule has 0 aliphatic rings. The lowest BCUT2D eigenvalue weighted by Gasteiger charge is -2.11. The summed E-state index contributed by atoms with van der Waals surface area (Å²) in [6.07, 6.45) is 0.943. The largest absolute Gasteiger partial charge is 0.350 e. The fourth-order valence-electron chi connectivity index (χ4n) is 1.13. The van der Waals surface area contributed by atoms with Gasteiger partial charge in [0, 0.05) is 16.9 Å². The molecule has 0 radical (unpaired) electrons. The molecule has 1 N–H and O–H groups in total. The molecule has 0 bridgehead atoms. The predicted octanol–water partition coefficient (Wildman–Crippen LogP) is 2.59. The number of carbonyl (C=O) groups is 1. The van der Waals surface area contributed by atoms with Gasteiger partial charge in [0.25, 0.3) is 5.91 Å². The van der Waals surface area contributed by atoms with Crippen molar-refractivity contribution in [1.82, 2.24) is 5.32 Å². The molecule has 0 aromatic heterocycles. The van der Waals surface area contributed by atoms with Crippen molar-refractivity contribution in [2.24, 2.45) is 0 Å². The molecule has 0 fully saturated rings. The molecule has 1 aromatic carbocycles. The van der Waals surface area contributed by atoms with E-state index >= 15 is 0 Å². The van der Waals surface area contributed by atoms with Crippen LogP contribution in [0, 0.1) is 0 Å². The van der Waals surface area contributed by atoms with Gasteiger partial charge < -0.3 is 5.32 Å². The van der Waals surface area contributed by atoms with E-state index in [4.69, 9.17) is 0 Å². The third-order valence-corrected chi connectivity index (χ3v) is 2.41. The Hall–Kier alpha value is -0.830. The van der Waals surface area contributed by atoms with E-state index in [0.29, 0.717) is 5.56 Å². The zero-order valence-electron chi connectivity index (χ0n) is 8.16. The van der Waals surface area contributed by atoms with Crippen LogP contribution in [0.4, 0.5) is 0 Å². The van der Waals surface area contributed by atoms with Gasteiger partial charge >= 0.3 is 0 Å². The standard InChI is InChI=1S/C11H14BrNO/c1-9(7-8-12)13-11(14)10-5-3-2-4-6-10/h2-6,9H,7-8H2,1H3,(H,13,14). The van der Waals surface area contributed by atoms with Crippen LogP contribution in [-0.2, 0) is 0 Å². The molecule has 14 heavy (non-hydrogen) atoms. The van der Waals surface area contributed by atoms with Gasteiger partial charge in [-0.2, -0.15) is 0 Å². The SMILES string of the molecule is CC(CCBr)NC(=O)c1ccccc1. The molecular weight excluding hydrogens is 242 g/mol. The monoisotopic (exact) mass is 255 g/mol. The third-order valence-electron chi connectivity index (χ3n) is 1.96. The van der Waals surface area contributed by atoms with E-state index < -0.39 is 0 Å². The molecule has 0 heterocycles. The summed E-state index contributed by atoms with van der Waals surface area (Å²) in [7, 11) is 0. The molecule has 1 aromatic rings. The molecule has 76 valence electrons. The van der Waals surface area contributed by atoms with Gasteiger partial charge in [0.05, 0.1) is 0 Å². The lowest BCUT2D eigenvalue weighted by molar-refractivity contribution is 0.0939. The third kappa shape index (κ3) is 3.50. The summed E-state index contributed by atoms with van der Waals surface area (Å²) in [4.78, 5) is 11.6. The summed E-state index contributed by atoms with van der Waals surface area (Å²) in [6, 6.07) is 9.47. The van der Waals surface area contributed by atoms with E-state index in [1.807, 2.05) is 37.3 Å². The fourth-order valence-corrected chi connectivity index (χ4v) is 1.82. The van der Waals surface area contributed by atoms with Crippen LogP contribution >= 0.6 is 15.9 Å². The Morgan fingerprint density at radius 1 is 1.43 bits per heavy atom. The van der Waals surface area contributed by atoms with Crippen molar-refractivity contribution in [3.05, 3.63) is 35.9 Å². The number of halogens is 1. The quantitative estimate of drug-likeness (QED) is 0.824. The first-order valence-electron chi connectivity index (χ1n) is 4.66. The van der Waals surface area contributed by atoms with Gasteiger partial charge in [-0.25, -0.2) is 0 Å². The Labute approximate surface area is 92.8 Å². The van der Waals surface area contributed by atoms with E-state index in [1.54, 1.807) is 0 Å². The molecular formula is C11H14BrNO. The maximum atomic E-state index is 11.6. The molecule has 1 unspecified atom stereocenters. The first-order chi connectivity index (χ1) is 6.74. The number of benzene rings is 1. The van der Waals surface area contributed by atoms with E-state index in [-0.39, 0.29) is 11.9 Å². The van der Waals surface area contributed by atoms with E-state index in [2.05, 4.69) is 21.2 Å². The number of rotatable bonds is 4. The summed E-state index contributed by atoms with van der Waals surface area (Å²) < 4.78 is 0. The van der Waals surface area contributed by atoms with Crippen molar-refractivity contribution < 1.29 is 4.79 Å². The molecule has 2 nitrogen and oxygen atoms in total. The van der Waals surface area contributed by atoms with Crippen LogP contribution in [0.25, 0.3) is 0 Å². The van der Waals surface area contributed by atoms with Crippen molar-refractivity contribution in [3.63, 3.8) is 0 Å². The summed E-state index contributed by atoms with van der Waals surface area (Å²) in [5, 5.41) is 3.83. The number of alkyl halides is 1. The minimum atomic E-state index is -0.000880. The van der Waals surface area contributed by atoms with Crippen LogP contribution in [0.5, 0.6) is 0 Å². The highest BCUT2D eigenvalue weighted by Gasteiger charge is 2.07. The Bertz CT molecular complexity index is 287. The maximum Gasteiger partial charge on any atom is 0.251 e. The maximum absolute atomic E-state index is 11.6. The van der Waals surface area contributed by atoms with Crippen LogP contribution in [0.3, 0.4) is 0 Å². The molecule has 0 saturated heterocycles. The molecule has 3 heteroatoms. The van der Waals surface area contributed by atoms with Crippen LogP contribution < -0.4 is 5.32 Å². The van der Waals surface area contributed by atoms with Crippen molar-refractivity contribution in [2.75, 3.05) is 5.33 Å². The molecule has 1 atom stereocenters. The highest BCUT2D eigenvalue weighted by atomic mass is 79.9. The van der Waals surface area contributed by atoms with Gasteiger partial charge in [-0.3, -0.25) is 4.79 Å². The van der Waals surface area contributed by atoms with Crippen LogP contribution in [0.1, 0.15) is 23.7 Å². The Kier molecular flexibility index (Phi) is 4.66. The highest BCUT2D eigenvalue weighted by molar-refractivity contribution is 9.09. The molecule has 0 spiro atoms. The smallest absolute Gasteiger partial charge is 0.251 e. The molecule has 0 aliphatic heterocycles. The molecule has 0 aliphatic carbocycles. The van der Waals surface area contributed by atoms with Crippen LogP contribution in [0.2, 0.25) is 0 Å². The highest BCUT2D eigenvalue weighted by Crippen LogP contribution is 2.00. The Balaban J connectivity index is 2.51. The molecule has 1 rings (SSSR count). The van der Waals surface area contributed by atoms with Gasteiger partial charge in [0.2, 0.25) is 0 Å². The minimum absolute atomic E-state index is 0.000880. The lowest BCUT2D eigenvalue weighted by Crippen LogP contribution is -2.32. The number of hydrogen-bond acceptors (Lipinski definition) is 1. The summed E-state index contributed by atoms with van der Waals surface area (Å²) >= 11 is 3.34. The van der Waals surface area contributed by atoms with Gasteiger partial charge in [-0.1, -0.05) is 34.1 Å². The van der Waals surface area contributed by atoms with E-state index in [0.717, 1.165) is 11.8 Å². The first kappa shape index (κ1) is 11.2.